The normalized spacial score (nSPS) is 19.9. The molecule has 2 amide bonds. The molecule has 1 aromatic carbocycles. The van der Waals surface area contributed by atoms with Crippen LogP contribution >= 0.6 is 0 Å². The number of nitrogens with two attached hydrogens (primary N) is 1. The second-order valence-corrected chi connectivity index (χ2v) is 5.03. The molecule has 1 aromatic rings. The standard InChI is InChI=1S/C14H19N3O2/c1-17-8-2-3-11(9-17)14(19)16-12-6-4-10(5-7-12)13(15)18/h4-7,11H,2-3,8-9H2,1H3,(H2,15,18)(H,16,19). The van der Waals surface area contributed by atoms with Crippen LogP contribution in [0.4, 0.5) is 5.69 Å². The molecule has 0 radical (unpaired) electrons. The number of carbonyl (C=O) groups is 2. The molecule has 1 aliphatic rings. The molecule has 1 heterocycles. The van der Waals surface area contributed by atoms with Gasteiger partial charge in [0.1, 0.15) is 0 Å². The number of nitrogens with zero attached hydrogens (tertiary/aromatic N) is 1. The van der Waals surface area contributed by atoms with Crippen molar-refractivity contribution >= 4 is 17.5 Å². The predicted octanol–water partition coefficient (Wildman–Crippen LogP) is 1.07. The van der Waals surface area contributed by atoms with Gasteiger partial charge in [-0.25, -0.2) is 0 Å². The summed E-state index contributed by atoms with van der Waals surface area (Å²) in [5, 5.41) is 2.88. The second-order valence-electron chi connectivity index (χ2n) is 5.03. The van der Waals surface area contributed by atoms with E-state index in [1.807, 2.05) is 7.05 Å². The fourth-order valence-corrected chi connectivity index (χ4v) is 2.34. The number of primary amides is 1. The SMILES string of the molecule is CN1CCCC(C(=O)Nc2ccc(C(N)=O)cc2)C1. The van der Waals surface area contributed by atoms with Crippen LogP contribution < -0.4 is 11.1 Å². The van der Waals surface area contributed by atoms with E-state index in [1.165, 1.54) is 0 Å². The average molecular weight is 261 g/mol. The van der Waals surface area contributed by atoms with Crippen LogP contribution in [0.15, 0.2) is 24.3 Å². The number of anilines is 1. The quantitative estimate of drug-likeness (QED) is 0.854. The van der Waals surface area contributed by atoms with E-state index in [0.29, 0.717) is 11.3 Å². The number of hydrogen-bond donors (Lipinski definition) is 2. The molecule has 3 N–H and O–H groups in total. The number of likely N-dealkylation sites (tertiary alicyclic amines) is 1. The first-order valence-electron chi connectivity index (χ1n) is 6.45. The summed E-state index contributed by atoms with van der Waals surface area (Å²) in [6, 6.07) is 6.63. The summed E-state index contributed by atoms with van der Waals surface area (Å²) in [6.45, 7) is 1.85. The third-order valence-corrected chi connectivity index (χ3v) is 3.43. The lowest BCUT2D eigenvalue weighted by Gasteiger charge is -2.28. The maximum atomic E-state index is 12.1. The van der Waals surface area contributed by atoms with Crippen molar-refractivity contribution in [1.29, 1.82) is 0 Å². The first-order chi connectivity index (χ1) is 9.06. The molecule has 1 aliphatic heterocycles. The van der Waals surface area contributed by atoms with Crippen molar-refractivity contribution in [1.82, 2.24) is 4.90 Å². The van der Waals surface area contributed by atoms with Crippen LogP contribution in [0, 0.1) is 5.92 Å². The molecule has 19 heavy (non-hydrogen) atoms. The van der Waals surface area contributed by atoms with Gasteiger partial charge < -0.3 is 16.0 Å². The van der Waals surface area contributed by atoms with Gasteiger partial charge in [0, 0.05) is 17.8 Å². The summed E-state index contributed by atoms with van der Waals surface area (Å²) in [7, 11) is 2.03. The van der Waals surface area contributed by atoms with Crippen molar-refractivity contribution in [3.05, 3.63) is 29.8 Å². The van der Waals surface area contributed by atoms with E-state index in [1.54, 1.807) is 24.3 Å². The Kier molecular flexibility index (Phi) is 4.16. The predicted molar refractivity (Wildman–Crippen MR) is 73.8 cm³/mol. The minimum absolute atomic E-state index is 0.0366. The molecule has 0 saturated carbocycles. The first-order valence-corrected chi connectivity index (χ1v) is 6.45. The molecule has 102 valence electrons. The number of piperidine rings is 1. The summed E-state index contributed by atoms with van der Waals surface area (Å²) in [5.74, 6) is -0.389. The number of amides is 2. The van der Waals surface area contributed by atoms with E-state index in [0.717, 1.165) is 25.9 Å². The highest BCUT2D eigenvalue weighted by Crippen LogP contribution is 2.18. The molecule has 0 spiro atoms. The smallest absolute Gasteiger partial charge is 0.248 e. The van der Waals surface area contributed by atoms with E-state index in [9.17, 15) is 9.59 Å². The van der Waals surface area contributed by atoms with E-state index in [-0.39, 0.29) is 11.8 Å². The van der Waals surface area contributed by atoms with Crippen LogP contribution in [-0.2, 0) is 4.79 Å². The molecule has 2 rings (SSSR count). The maximum Gasteiger partial charge on any atom is 0.248 e. The Morgan fingerprint density at radius 3 is 2.58 bits per heavy atom. The van der Waals surface area contributed by atoms with E-state index in [4.69, 9.17) is 5.73 Å². The van der Waals surface area contributed by atoms with Gasteiger partial charge in [0.15, 0.2) is 0 Å². The molecule has 5 heteroatoms. The fraction of sp³-hybridized carbons (Fsp3) is 0.429. The topological polar surface area (TPSA) is 75.4 Å². The summed E-state index contributed by atoms with van der Waals surface area (Å²) in [5.41, 5.74) is 6.30. The zero-order valence-electron chi connectivity index (χ0n) is 11.1. The van der Waals surface area contributed by atoms with E-state index in [2.05, 4.69) is 10.2 Å². The molecule has 0 bridgehead atoms. The number of benzene rings is 1. The number of carbonyl (C=O) groups excluding carboxylic acids is 2. The lowest BCUT2D eigenvalue weighted by molar-refractivity contribution is -0.121. The van der Waals surface area contributed by atoms with Gasteiger partial charge in [-0.15, -0.1) is 0 Å². The molecule has 1 atom stereocenters. The van der Waals surface area contributed by atoms with Gasteiger partial charge in [-0.3, -0.25) is 9.59 Å². The minimum Gasteiger partial charge on any atom is -0.366 e. The Hall–Kier alpha value is -1.88. The Labute approximate surface area is 112 Å². The Morgan fingerprint density at radius 1 is 1.32 bits per heavy atom. The lowest BCUT2D eigenvalue weighted by atomic mass is 9.97. The van der Waals surface area contributed by atoms with Gasteiger partial charge in [0.2, 0.25) is 11.8 Å². The molecule has 1 unspecified atom stereocenters. The molecule has 0 aliphatic carbocycles. The Balaban J connectivity index is 1.96. The zero-order chi connectivity index (χ0) is 13.8. The summed E-state index contributed by atoms with van der Waals surface area (Å²) in [6.07, 6.45) is 1.98. The highest BCUT2D eigenvalue weighted by molar-refractivity contribution is 5.95. The van der Waals surface area contributed by atoms with Crippen molar-refractivity contribution in [2.75, 3.05) is 25.5 Å². The highest BCUT2D eigenvalue weighted by atomic mass is 16.2. The van der Waals surface area contributed by atoms with Crippen molar-refractivity contribution in [2.45, 2.75) is 12.8 Å². The molecule has 5 nitrogen and oxygen atoms in total. The molecular formula is C14H19N3O2. The molecule has 0 aromatic heterocycles. The van der Waals surface area contributed by atoms with Crippen molar-refractivity contribution < 1.29 is 9.59 Å². The van der Waals surface area contributed by atoms with Gasteiger partial charge in [0.05, 0.1) is 5.92 Å². The van der Waals surface area contributed by atoms with Gasteiger partial charge in [-0.1, -0.05) is 0 Å². The Morgan fingerprint density at radius 2 is 2.00 bits per heavy atom. The molecular weight excluding hydrogens is 242 g/mol. The fourth-order valence-electron chi connectivity index (χ4n) is 2.34. The third kappa shape index (κ3) is 3.54. The first kappa shape index (κ1) is 13.5. The van der Waals surface area contributed by atoms with Crippen molar-refractivity contribution in [3.8, 4) is 0 Å². The van der Waals surface area contributed by atoms with E-state index < -0.39 is 5.91 Å². The number of rotatable bonds is 3. The minimum atomic E-state index is -0.466. The third-order valence-electron chi connectivity index (χ3n) is 3.43. The van der Waals surface area contributed by atoms with Crippen LogP contribution in [0.25, 0.3) is 0 Å². The lowest BCUT2D eigenvalue weighted by Crippen LogP contribution is -2.38. The van der Waals surface area contributed by atoms with Crippen molar-refractivity contribution in [2.24, 2.45) is 11.7 Å². The maximum absolute atomic E-state index is 12.1. The van der Waals surface area contributed by atoms with Crippen molar-refractivity contribution in [3.63, 3.8) is 0 Å². The monoisotopic (exact) mass is 261 g/mol. The van der Waals surface area contributed by atoms with Crippen LogP contribution in [0.2, 0.25) is 0 Å². The number of nitrogens with one attached hydrogen (secondary N) is 1. The second kappa shape index (κ2) is 5.84. The summed E-state index contributed by atoms with van der Waals surface area (Å²) in [4.78, 5) is 25.2. The van der Waals surface area contributed by atoms with Crippen LogP contribution in [0.1, 0.15) is 23.2 Å². The van der Waals surface area contributed by atoms with Gasteiger partial charge in [-0.05, 0) is 50.7 Å². The summed E-state index contributed by atoms with van der Waals surface area (Å²) >= 11 is 0. The van der Waals surface area contributed by atoms with Crippen LogP contribution in [-0.4, -0.2) is 36.9 Å². The molecule has 1 saturated heterocycles. The molecule has 1 fully saturated rings. The van der Waals surface area contributed by atoms with E-state index >= 15 is 0 Å². The highest BCUT2D eigenvalue weighted by Gasteiger charge is 2.23. The Bertz CT molecular complexity index is 470. The average Bonchev–Trinajstić information content (AvgIpc) is 2.39. The van der Waals surface area contributed by atoms with Gasteiger partial charge in [-0.2, -0.15) is 0 Å². The zero-order valence-corrected chi connectivity index (χ0v) is 11.1. The number of hydrogen-bond acceptors (Lipinski definition) is 3. The van der Waals surface area contributed by atoms with Gasteiger partial charge >= 0.3 is 0 Å². The van der Waals surface area contributed by atoms with Gasteiger partial charge in [0.25, 0.3) is 0 Å². The summed E-state index contributed by atoms with van der Waals surface area (Å²) < 4.78 is 0. The largest absolute Gasteiger partial charge is 0.366 e. The van der Waals surface area contributed by atoms with Crippen LogP contribution in [0.5, 0.6) is 0 Å². The van der Waals surface area contributed by atoms with Crippen LogP contribution in [0.3, 0.4) is 0 Å².